The van der Waals surface area contributed by atoms with E-state index >= 15 is 0 Å². The largest absolute Gasteiger partial charge is 0.493 e. The van der Waals surface area contributed by atoms with E-state index in [4.69, 9.17) is 23.4 Å². The number of rotatable bonds is 18. The Labute approximate surface area is 335 Å². The number of hydrogen-bond donors (Lipinski definition) is 2. The molecule has 1 fully saturated rings. The van der Waals surface area contributed by atoms with Gasteiger partial charge in [0.25, 0.3) is 11.8 Å². The van der Waals surface area contributed by atoms with Crippen LogP contribution in [0.25, 0.3) is 6.08 Å². The number of ether oxygens (including phenoxy) is 4. The highest BCUT2D eigenvalue weighted by molar-refractivity contribution is 8.00. The number of anilines is 1. The summed E-state index contributed by atoms with van der Waals surface area (Å²) in [6.45, 7) is 9.22. The molecule has 1 aromatic carbocycles. The lowest BCUT2D eigenvalue weighted by molar-refractivity contribution is -0.139. The van der Waals surface area contributed by atoms with E-state index in [1.54, 1.807) is 48.4 Å². The number of amides is 4. The van der Waals surface area contributed by atoms with Gasteiger partial charge >= 0.3 is 0 Å². The summed E-state index contributed by atoms with van der Waals surface area (Å²) in [6, 6.07) is 3.41. The fourth-order valence-electron chi connectivity index (χ4n) is 5.83. The van der Waals surface area contributed by atoms with Crippen LogP contribution in [0.5, 0.6) is 17.2 Å². The van der Waals surface area contributed by atoms with Crippen molar-refractivity contribution in [3.63, 3.8) is 0 Å². The smallest absolute Gasteiger partial charge is 0.253 e. The fraction of sp³-hybridized carbons (Fsp3) is 0.487. The van der Waals surface area contributed by atoms with Crippen LogP contribution in [0.2, 0.25) is 0 Å². The third kappa shape index (κ3) is 12.4. The number of nitrogens with zero attached hydrogens (tertiary/aromatic N) is 4. The Balaban J connectivity index is 0.940. The molecule has 0 aliphatic carbocycles. The molecule has 3 aromatic rings. The predicted molar refractivity (Wildman–Crippen MR) is 213 cm³/mol. The normalized spacial score (nSPS) is 15.3. The van der Waals surface area contributed by atoms with Crippen molar-refractivity contribution < 1.29 is 42.5 Å². The highest BCUT2D eigenvalue weighted by Crippen LogP contribution is 2.39. The number of aromatic nitrogens is 2. The van der Waals surface area contributed by atoms with Crippen LogP contribution in [-0.4, -0.2) is 110 Å². The van der Waals surface area contributed by atoms with Crippen molar-refractivity contribution in [3.8, 4) is 17.2 Å². The van der Waals surface area contributed by atoms with E-state index in [-0.39, 0.29) is 48.8 Å². The van der Waals surface area contributed by atoms with Gasteiger partial charge in [0, 0.05) is 30.5 Å². The van der Waals surface area contributed by atoms with E-state index in [9.17, 15) is 19.2 Å². The van der Waals surface area contributed by atoms with Gasteiger partial charge in [-0.2, -0.15) is 0 Å². The Morgan fingerprint density at radius 1 is 1.04 bits per heavy atom. The number of piperidine rings is 1. The Kier molecular flexibility index (Phi) is 15.5. The number of methoxy groups -OCH3 is 2. The molecule has 2 aromatic heterocycles. The lowest BCUT2D eigenvalue weighted by Crippen LogP contribution is -2.44. The minimum Gasteiger partial charge on any atom is -0.493 e. The average molecular weight is 811 g/mol. The van der Waals surface area contributed by atoms with Crippen molar-refractivity contribution in [3.05, 3.63) is 60.0 Å². The molecule has 0 unspecified atom stereocenters. The Morgan fingerprint density at radius 3 is 2.46 bits per heavy atom. The lowest BCUT2D eigenvalue weighted by Gasteiger charge is -2.30. The first-order chi connectivity index (χ1) is 26.9. The van der Waals surface area contributed by atoms with Gasteiger partial charge in [0.1, 0.15) is 12.4 Å². The summed E-state index contributed by atoms with van der Waals surface area (Å²) in [7, 11) is 3.00. The molecule has 17 heteroatoms. The molecule has 0 radical (unpaired) electrons. The zero-order chi connectivity index (χ0) is 40.1. The molecule has 302 valence electrons. The first kappa shape index (κ1) is 42.4. The molecule has 0 saturated carbocycles. The third-order valence-corrected chi connectivity index (χ3v) is 11.0. The standard InChI is InChI=1S/C39H50N6O9S2/c1-39(2,3)30-22-41-32(54-30)25-55-35-23-42-38(56-35)43-37(49)27-11-15-44(16-12-27)24-31(46)40-13-17-52-18-19-53-36-28(50-4)20-26(21-29(36)51-5)9-10-34(48)45-14-7-6-8-33(45)47/h6,8-10,20-23,27H,7,11-19,24-25H2,1-5H3,(H,40,46)(H,42,43,49)/b10-9+. The van der Waals surface area contributed by atoms with Gasteiger partial charge in [0.05, 0.1) is 56.3 Å². The van der Waals surface area contributed by atoms with Gasteiger partial charge in [-0.3, -0.25) is 29.0 Å². The molecule has 15 nitrogen and oxygen atoms in total. The molecule has 4 heterocycles. The van der Waals surface area contributed by atoms with Crippen molar-refractivity contribution in [2.45, 2.75) is 55.4 Å². The van der Waals surface area contributed by atoms with Gasteiger partial charge in [-0.1, -0.05) is 38.2 Å². The minimum absolute atomic E-state index is 0.0520. The minimum atomic E-state index is -0.402. The highest BCUT2D eigenvalue weighted by Gasteiger charge is 2.27. The topological polar surface area (TPSA) is 175 Å². The second-order valence-electron chi connectivity index (χ2n) is 14.1. The number of carbonyl (C=O) groups excluding carboxylic acids is 4. The molecular formula is C39H50N6O9S2. The van der Waals surface area contributed by atoms with Crippen LogP contribution >= 0.6 is 23.1 Å². The summed E-state index contributed by atoms with van der Waals surface area (Å²) < 4.78 is 29.4. The Morgan fingerprint density at radius 2 is 1.79 bits per heavy atom. The van der Waals surface area contributed by atoms with Crippen LogP contribution in [0, 0.1) is 5.92 Å². The summed E-state index contributed by atoms with van der Waals surface area (Å²) >= 11 is 2.99. The van der Waals surface area contributed by atoms with Gasteiger partial charge in [-0.15, -0.1) is 11.8 Å². The maximum absolute atomic E-state index is 13.0. The maximum Gasteiger partial charge on any atom is 0.253 e. The van der Waals surface area contributed by atoms with Crippen molar-refractivity contribution in [2.75, 3.05) is 72.1 Å². The molecule has 0 atom stereocenters. The molecule has 0 spiro atoms. The predicted octanol–water partition coefficient (Wildman–Crippen LogP) is 4.93. The number of likely N-dealkylation sites (tertiary alicyclic amines) is 1. The summed E-state index contributed by atoms with van der Waals surface area (Å²) in [4.78, 5) is 62.0. The van der Waals surface area contributed by atoms with Crippen LogP contribution in [0.1, 0.15) is 57.2 Å². The SMILES string of the molecule is COc1cc(/C=C/C(=O)N2CCC=CC2=O)cc(OC)c1OCCOCCNC(=O)CN1CCC(C(=O)Nc2ncc(SCc3ncc(C(C)(C)C)o3)s2)CC1. The Hall–Kier alpha value is -4.71. The monoisotopic (exact) mass is 810 g/mol. The van der Waals surface area contributed by atoms with Gasteiger partial charge in [-0.25, -0.2) is 9.97 Å². The second kappa shape index (κ2) is 20.5. The first-order valence-electron chi connectivity index (χ1n) is 18.4. The number of benzene rings is 1. The highest BCUT2D eigenvalue weighted by atomic mass is 32.2. The van der Waals surface area contributed by atoms with Crippen molar-refractivity contribution in [1.82, 2.24) is 25.1 Å². The Bertz CT molecular complexity index is 1850. The second-order valence-corrected chi connectivity index (χ2v) is 16.4. The third-order valence-electron chi connectivity index (χ3n) is 8.93. The maximum atomic E-state index is 13.0. The number of nitrogens with one attached hydrogen (secondary N) is 2. The van der Waals surface area contributed by atoms with Crippen molar-refractivity contribution >= 4 is 57.9 Å². The van der Waals surface area contributed by atoms with Crippen LogP contribution in [0.15, 0.2) is 51.4 Å². The van der Waals surface area contributed by atoms with Gasteiger partial charge in [0.2, 0.25) is 23.5 Å². The first-order valence-corrected chi connectivity index (χ1v) is 20.2. The van der Waals surface area contributed by atoms with Crippen molar-refractivity contribution in [1.29, 1.82) is 0 Å². The number of thioether (sulfide) groups is 1. The van der Waals surface area contributed by atoms with E-state index in [1.807, 2.05) is 4.90 Å². The van der Waals surface area contributed by atoms with E-state index in [0.29, 0.717) is 91.6 Å². The molecule has 1 saturated heterocycles. The van der Waals surface area contributed by atoms with Crippen LogP contribution in [-0.2, 0) is 35.1 Å². The average Bonchev–Trinajstić information content (AvgIpc) is 3.86. The lowest BCUT2D eigenvalue weighted by atomic mass is 9.94. The van der Waals surface area contributed by atoms with E-state index < -0.39 is 5.91 Å². The molecule has 4 amide bonds. The summed E-state index contributed by atoms with van der Waals surface area (Å²) in [5.74, 6) is 2.24. The molecule has 56 heavy (non-hydrogen) atoms. The fourth-order valence-corrected chi connectivity index (χ4v) is 7.56. The van der Waals surface area contributed by atoms with E-state index in [2.05, 4.69) is 41.4 Å². The number of hydrogen-bond acceptors (Lipinski definition) is 14. The van der Waals surface area contributed by atoms with E-state index in [0.717, 1.165) is 9.97 Å². The molecular weight excluding hydrogens is 761 g/mol. The number of thiazole rings is 1. The van der Waals surface area contributed by atoms with E-state index in [1.165, 1.54) is 42.6 Å². The summed E-state index contributed by atoms with van der Waals surface area (Å²) in [5, 5.41) is 6.41. The zero-order valence-corrected chi connectivity index (χ0v) is 34.1. The zero-order valence-electron chi connectivity index (χ0n) is 32.5. The van der Waals surface area contributed by atoms with Crippen molar-refractivity contribution in [2.24, 2.45) is 5.92 Å². The van der Waals surface area contributed by atoms with Gasteiger partial charge in [-0.05, 0) is 62.2 Å². The van der Waals surface area contributed by atoms with Gasteiger partial charge in [0.15, 0.2) is 16.6 Å². The molecule has 5 rings (SSSR count). The molecule has 2 aliphatic heterocycles. The molecule has 0 bridgehead atoms. The molecule has 2 N–H and O–H groups in total. The quantitative estimate of drug-likeness (QED) is 0.101. The van der Waals surface area contributed by atoms with Crippen LogP contribution in [0.3, 0.4) is 0 Å². The summed E-state index contributed by atoms with van der Waals surface area (Å²) in [6.07, 6.45) is 11.5. The van der Waals surface area contributed by atoms with Gasteiger partial charge < -0.3 is 34.0 Å². The summed E-state index contributed by atoms with van der Waals surface area (Å²) in [5.41, 5.74) is 0.535. The molecule has 2 aliphatic rings. The number of carbonyl (C=O) groups is 4. The van der Waals surface area contributed by atoms with Crippen LogP contribution < -0.4 is 24.8 Å². The number of oxazole rings is 1. The number of imide groups is 1. The van der Waals surface area contributed by atoms with Crippen LogP contribution in [0.4, 0.5) is 5.13 Å².